The van der Waals surface area contributed by atoms with Gasteiger partial charge >= 0.3 is 35.9 Å². The normalized spacial score (nSPS) is 15.0. The molecule has 30 heavy (non-hydrogen) atoms. The first kappa shape index (κ1) is 28.3. The first-order chi connectivity index (χ1) is 13.2. The van der Waals surface area contributed by atoms with E-state index >= 15 is 0 Å². The number of carbonyl (C=O) groups is 2. The number of hydrogen-bond donors (Lipinski definition) is 0. The molecule has 0 N–H and O–H groups in total. The lowest BCUT2D eigenvalue weighted by atomic mass is 9.79. The lowest BCUT2D eigenvalue weighted by molar-refractivity contribution is -0.397. The Morgan fingerprint density at radius 2 is 1.30 bits per heavy atom. The van der Waals surface area contributed by atoms with Crippen LogP contribution in [0.4, 0.5) is 39.5 Å². The highest BCUT2D eigenvalue weighted by atomic mass is 19.4. The maximum Gasteiger partial charge on any atom is 0.460 e. The first-order valence-electron chi connectivity index (χ1n) is 8.74. The smallest absolute Gasteiger partial charge is 0.460 e. The number of rotatable bonds is 10. The summed E-state index contributed by atoms with van der Waals surface area (Å²) >= 11 is 0. The quantitative estimate of drug-likeness (QED) is 0.323. The highest BCUT2D eigenvalue weighted by Gasteiger charge is 2.81. The monoisotopic (exact) mass is 462 g/mol. The van der Waals surface area contributed by atoms with E-state index < -0.39 is 73.3 Å². The van der Waals surface area contributed by atoms with Crippen LogP contribution in [0, 0.1) is 11.3 Å². The van der Waals surface area contributed by atoms with Gasteiger partial charge in [-0.15, -0.1) is 0 Å². The zero-order valence-corrected chi connectivity index (χ0v) is 16.6. The van der Waals surface area contributed by atoms with Gasteiger partial charge in [0.25, 0.3) is 0 Å². The number of carbonyl (C=O) groups excluding carboxylic acids is 2. The lowest BCUT2D eigenvalue weighted by Crippen LogP contribution is -2.61. The van der Waals surface area contributed by atoms with E-state index in [2.05, 4.69) is 4.74 Å². The molecule has 13 heteroatoms. The van der Waals surface area contributed by atoms with E-state index in [0.717, 1.165) is 0 Å². The van der Waals surface area contributed by atoms with Crippen LogP contribution < -0.4 is 0 Å². The molecular weight excluding hydrogens is 439 g/mol. The van der Waals surface area contributed by atoms with Crippen molar-refractivity contribution in [3.05, 3.63) is 0 Å². The largest absolute Gasteiger partial charge is 0.465 e. The third-order valence-corrected chi connectivity index (χ3v) is 4.18. The predicted molar refractivity (Wildman–Crippen MR) is 85.3 cm³/mol. The molecular formula is C17H23F9O4. The topological polar surface area (TPSA) is 52.6 Å². The van der Waals surface area contributed by atoms with Crippen molar-refractivity contribution in [3.63, 3.8) is 0 Å². The predicted octanol–water partition coefficient (Wildman–Crippen LogP) is 5.39. The molecule has 0 aromatic carbocycles. The Morgan fingerprint density at radius 3 is 1.70 bits per heavy atom. The molecule has 0 heterocycles. The Balaban J connectivity index is 4.65. The van der Waals surface area contributed by atoms with Crippen LogP contribution in [0.5, 0.6) is 0 Å². The summed E-state index contributed by atoms with van der Waals surface area (Å²) in [6, 6.07) is 0. The first-order valence-corrected chi connectivity index (χ1v) is 8.74. The molecule has 4 nitrogen and oxygen atoms in total. The zero-order chi connectivity index (χ0) is 24.2. The Bertz CT molecular complexity index is 595. The van der Waals surface area contributed by atoms with E-state index in [4.69, 9.17) is 4.74 Å². The van der Waals surface area contributed by atoms with Gasteiger partial charge in [-0.1, -0.05) is 27.7 Å². The highest BCUT2D eigenvalue weighted by molar-refractivity contribution is 5.74. The van der Waals surface area contributed by atoms with E-state index in [0.29, 0.717) is 6.42 Å². The number of hydrogen-bond acceptors (Lipinski definition) is 4. The van der Waals surface area contributed by atoms with Gasteiger partial charge in [0.2, 0.25) is 0 Å². The molecule has 0 saturated carbocycles. The summed E-state index contributed by atoms with van der Waals surface area (Å²) in [6.07, 6.45) is -9.42. The molecule has 0 aromatic rings. The zero-order valence-electron chi connectivity index (χ0n) is 16.6. The lowest BCUT2D eigenvalue weighted by Gasteiger charge is -2.33. The summed E-state index contributed by atoms with van der Waals surface area (Å²) in [5.41, 5.74) is -0.443. The van der Waals surface area contributed by atoms with E-state index in [9.17, 15) is 49.1 Å². The van der Waals surface area contributed by atoms with Crippen LogP contribution in [0.2, 0.25) is 0 Å². The van der Waals surface area contributed by atoms with Crippen molar-refractivity contribution in [1.82, 2.24) is 0 Å². The van der Waals surface area contributed by atoms with Gasteiger partial charge in [0, 0.05) is 0 Å². The van der Waals surface area contributed by atoms with Gasteiger partial charge in [-0.25, -0.2) is 0 Å². The minimum absolute atomic E-state index is 0.429. The average Bonchev–Trinajstić information content (AvgIpc) is 2.52. The fourth-order valence-corrected chi connectivity index (χ4v) is 2.40. The van der Waals surface area contributed by atoms with E-state index in [1.807, 2.05) is 0 Å². The molecule has 0 spiro atoms. The van der Waals surface area contributed by atoms with Gasteiger partial charge < -0.3 is 9.47 Å². The fraction of sp³-hybridized carbons (Fsp3) is 0.882. The Kier molecular flexibility index (Phi) is 9.09. The maximum atomic E-state index is 13.3. The Hall–Kier alpha value is -1.69. The van der Waals surface area contributed by atoms with Crippen LogP contribution >= 0.6 is 0 Å². The molecule has 0 bridgehead atoms. The van der Waals surface area contributed by atoms with E-state index in [1.165, 1.54) is 0 Å². The van der Waals surface area contributed by atoms with Gasteiger partial charge in [0.15, 0.2) is 0 Å². The highest BCUT2D eigenvalue weighted by Crippen LogP contribution is 2.53. The third-order valence-electron chi connectivity index (χ3n) is 4.18. The van der Waals surface area contributed by atoms with E-state index in [-0.39, 0.29) is 0 Å². The molecule has 1 unspecified atom stereocenters. The molecule has 178 valence electrons. The SMILES string of the molecule is CCC(C(=O)OCCC(=O)OCCC(F)(F)C(F)(F)C(F)(F)C(F)(F)F)C(C)(C)C. The summed E-state index contributed by atoms with van der Waals surface area (Å²) in [5, 5.41) is 0. The minimum Gasteiger partial charge on any atom is -0.465 e. The maximum absolute atomic E-state index is 13.3. The van der Waals surface area contributed by atoms with Gasteiger partial charge in [-0.3, -0.25) is 9.59 Å². The molecule has 0 saturated heterocycles. The molecule has 1 atom stereocenters. The fourth-order valence-electron chi connectivity index (χ4n) is 2.40. The van der Waals surface area contributed by atoms with E-state index in [1.54, 1.807) is 27.7 Å². The van der Waals surface area contributed by atoms with Gasteiger partial charge in [-0.2, -0.15) is 39.5 Å². The second-order valence-corrected chi connectivity index (χ2v) is 7.57. The molecule has 0 aliphatic heterocycles. The van der Waals surface area contributed by atoms with Crippen LogP contribution in [0.25, 0.3) is 0 Å². The Morgan fingerprint density at radius 1 is 0.800 bits per heavy atom. The molecule has 0 fully saturated rings. The third kappa shape index (κ3) is 6.66. The minimum atomic E-state index is -7.00. The van der Waals surface area contributed by atoms with Crippen molar-refractivity contribution in [2.45, 2.75) is 70.9 Å². The second-order valence-electron chi connectivity index (χ2n) is 7.57. The van der Waals surface area contributed by atoms with Crippen LogP contribution in [0.3, 0.4) is 0 Å². The van der Waals surface area contributed by atoms with Crippen molar-refractivity contribution in [2.24, 2.45) is 11.3 Å². The van der Waals surface area contributed by atoms with Crippen LogP contribution in [-0.4, -0.2) is 49.1 Å². The van der Waals surface area contributed by atoms with Crippen LogP contribution in [0.1, 0.15) is 47.0 Å². The van der Waals surface area contributed by atoms with Crippen LogP contribution in [-0.2, 0) is 19.1 Å². The number of halogens is 9. The van der Waals surface area contributed by atoms with Gasteiger partial charge in [0.05, 0.1) is 25.4 Å². The number of alkyl halides is 9. The summed E-state index contributed by atoms with van der Waals surface area (Å²) in [4.78, 5) is 23.3. The molecule has 0 radical (unpaired) electrons. The van der Waals surface area contributed by atoms with Gasteiger partial charge in [0.1, 0.15) is 6.61 Å². The number of ether oxygens (including phenoxy) is 2. The van der Waals surface area contributed by atoms with Gasteiger partial charge in [-0.05, 0) is 11.8 Å². The van der Waals surface area contributed by atoms with Crippen molar-refractivity contribution < 1.29 is 58.6 Å². The van der Waals surface area contributed by atoms with Crippen molar-refractivity contribution >= 4 is 11.9 Å². The summed E-state index contributed by atoms with van der Waals surface area (Å²) in [5.74, 6) is -22.0. The summed E-state index contributed by atoms with van der Waals surface area (Å²) < 4.78 is 123. The molecule has 0 aliphatic carbocycles. The Labute approximate surface area is 167 Å². The molecule has 0 rings (SSSR count). The second kappa shape index (κ2) is 9.63. The van der Waals surface area contributed by atoms with Crippen molar-refractivity contribution in [2.75, 3.05) is 13.2 Å². The molecule has 0 amide bonds. The standard InChI is InChI=1S/C17H23F9O4/c1-5-10(13(2,3)4)12(28)30-8-6-11(27)29-9-7-14(18,19)15(20,21)16(22,23)17(24,25)26/h10H,5-9H2,1-4H3. The number of esters is 2. The summed E-state index contributed by atoms with van der Waals surface area (Å²) in [7, 11) is 0. The summed E-state index contributed by atoms with van der Waals surface area (Å²) in [6.45, 7) is 4.97. The molecule has 0 aromatic heterocycles. The van der Waals surface area contributed by atoms with Crippen molar-refractivity contribution in [3.8, 4) is 0 Å². The molecule has 0 aliphatic rings. The van der Waals surface area contributed by atoms with Crippen LogP contribution in [0.15, 0.2) is 0 Å². The average molecular weight is 462 g/mol. The van der Waals surface area contributed by atoms with Crippen molar-refractivity contribution in [1.29, 1.82) is 0 Å².